The molecule has 2 rings (SSSR count). The minimum atomic E-state index is -0.966. The summed E-state index contributed by atoms with van der Waals surface area (Å²) in [5.74, 6) is 0.383. The van der Waals surface area contributed by atoms with Crippen molar-refractivity contribution in [2.45, 2.75) is 20.0 Å². The first-order valence-corrected chi connectivity index (χ1v) is 6.59. The Morgan fingerprint density at radius 2 is 1.95 bits per heavy atom. The van der Waals surface area contributed by atoms with Gasteiger partial charge in [-0.25, -0.2) is 4.79 Å². The minimum Gasteiger partial charge on any atom is -0.497 e. The molecule has 0 spiro atoms. The zero-order valence-electron chi connectivity index (χ0n) is 12.5. The monoisotopic (exact) mass is 304 g/mol. The van der Waals surface area contributed by atoms with E-state index in [9.17, 15) is 9.59 Å². The Labute approximate surface area is 127 Å². The van der Waals surface area contributed by atoms with Crippen LogP contribution >= 0.6 is 0 Å². The average molecular weight is 304 g/mol. The quantitative estimate of drug-likeness (QED) is 0.851. The highest BCUT2D eigenvalue weighted by atomic mass is 16.5. The van der Waals surface area contributed by atoms with Crippen LogP contribution in [0.15, 0.2) is 34.9 Å². The normalized spacial score (nSPS) is 11.6. The summed E-state index contributed by atoms with van der Waals surface area (Å²) in [6, 6.07) is 7.97. The molecule has 1 unspecified atom stereocenters. The smallest absolute Gasteiger partial charge is 0.338 e. The molecule has 0 bridgehead atoms. The van der Waals surface area contributed by atoms with Crippen molar-refractivity contribution in [2.24, 2.45) is 0 Å². The molecule has 1 aromatic carbocycles. The van der Waals surface area contributed by atoms with Gasteiger partial charge in [0.25, 0.3) is 5.91 Å². The molecule has 1 atom stereocenters. The van der Waals surface area contributed by atoms with Crippen LogP contribution in [0.25, 0.3) is 0 Å². The van der Waals surface area contributed by atoms with E-state index in [-0.39, 0.29) is 5.82 Å². The van der Waals surface area contributed by atoms with Gasteiger partial charge < -0.3 is 19.3 Å². The second kappa shape index (κ2) is 6.75. The molecule has 1 amide bonds. The van der Waals surface area contributed by atoms with Crippen LogP contribution in [0.3, 0.4) is 0 Å². The van der Waals surface area contributed by atoms with Gasteiger partial charge in [0.15, 0.2) is 11.9 Å². The Balaban J connectivity index is 1.93. The number of hydrogen-bond donors (Lipinski definition) is 1. The van der Waals surface area contributed by atoms with Crippen molar-refractivity contribution < 1.29 is 23.6 Å². The van der Waals surface area contributed by atoms with Gasteiger partial charge >= 0.3 is 5.97 Å². The fourth-order valence-corrected chi connectivity index (χ4v) is 1.66. The highest BCUT2D eigenvalue weighted by Crippen LogP contribution is 2.13. The number of carbonyl (C=O) groups excluding carboxylic acids is 2. The molecule has 0 aliphatic heterocycles. The second-order valence-corrected chi connectivity index (χ2v) is 4.59. The van der Waals surface area contributed by atoms with Crippen LogP contribution in [0.4, 0.5) is 5.82 Å². The van der Waals surface area contributed by atoms with Crippen LogP contribution in [-0.2, 0) is 9.53 Å². The van der Waals surface area contributed by atoms with Crippen molar-refractivity contribution >= 4 is 17.7 Å². The summed E-state index contributed by atoms with van der Waals surface area (Å²) < 4.78 is 14.9. The van der Waals surface area contributed by atoms with Crippen molar-refractivity contribution in [3.8, 4) is 5.75 Å². The van der Waals surface area contributed by atoms with Gasteiger partial charge in [-0.2, -0.15) is 0 Å². The number of esters is 1. The van der Waals surface area contributed by atoms with E-state index in [1.807, 2.05) is 0 Å². The minimum absolute atomic E-state index is 0.273. The Morgan fingerprint density at radius 1 is 1.27 bits per heavy atom. The standard InChI is InChI=1S/C15H16N2O5/c1-9-8-13(17-22-9)16-14(18)10(2)21-15(19)11-4-6-12(20-3)7-5-11/h4-8,10H,1-3H3,(H,16,17,18). The molecule has 7 heteroatoms. The van der Waals surface area contributed by atoms with Crippen molar-refractivity contribution in [2.75, 3.05) is 12.4 Å². The summed E-state index contributed by atoms with van der Waals surface area (Å²) in [6.45, 7) is 3.18. The third-order valence-electron chi connectivity index (χ3n) is 2.86. The highest BCUT2D eigenvalue weighted by Gasteiger charge is 2.20. The Kier molecular flexibility index (Phi) is 4.77. The molecule has 1 heterocycles. The number of rotatable bonds is 5. The van der Waals surface area contributed by atoms with Crippen LogP contribution in [0.1, 0.15) is 23.0 Å². The van der Waals surface area contributed by atoms with Gasteiger partial charge in [0.2, 0.25) is 0 Å². The number of carbonyl (C=O) groups is 2. The van der Waals surface area contributed by atoms with Crippen molar-refractivity contribution in [3.05, 3.63) is 41.7 Å². The van der Waals surface area contributed by atoms with Crippen molar-refractivity contribution in [3.63, 3.8) is 0 Å². The molecule has 0 fully saturated rings. The second-order valence-electron chi connectivity index (χ2n) is 4.59. The van der Waals surface area contributed by atoms with Crippen LogP contribution in [0.5, 0.6) is 5.75 Å². The number of hydrogen-bond acceptors (Lipinski definition) is 6. The van der Waals surface area contributed by atoms with E-state index in [0.29, 0.717) is 17.1 Å². The summed E-state index contributed by atoms with van der Waals surface area (Å²) in [5, 5.41) is 6.13. The first kappa shape index (κ1) is 15.6. The molecule has 0 saturated heterocycles. The lowest BCUT2D eigenvalue weighted by atomic mass is 10.2. The summed E-state index contributed by atoms with van der Waals surface area (Å²) >= 11 is 0. The van der Waals surface area contributed by atoms with Gasteiger partial charge in [-0.3, -0.25) is 4.79 Å². The van der Waals surface area contributed by atoms with Gasteiger partial charge in [0, 0.05) is 6.07 Å². The zero-order valence-corrected chi connectivity index (χ0v) is 12.5. The molecular formula is C15H16N2O5. The Bertz CT molecular complexity index is 663. The summed E-state index contributed by atoms with van der Waals surface area (Å²) in [6.07, 6.45) is -0.966. The SMILES string of the molecule is COc1ccc(C(=O)OC(C)C(=O)Nc2cc(C)on2)cc1. The molecule has 1 N–H and O–H groups in total. The number of aryl methyl sites for hydroxylation is 1. The summed E-state index contributed by atoms with van der Waals surface area (Å²) in [7, 11) is 1.53. The van der Waals surface area contributed by atoms with Crippen LogP contribution in [0.2, 0.25) is 0 Å². The van der Waals surface area contributed by atoms with Gasteiger partial charge in [-0.05, 0) is 38.1 Å². The van der Waals surface area contributed by atoms with Gasteiger partial charge in [-0.1, -0.05) is 5.16 Å². The number of methoxy groups -OCH3 is 1. The molecule has 7 nitrogen and oxygen atoms in total. The molecule has 1 aromatic heterocycles. The van der Waals surface area contributed by atoms with E-state index in [1.54, 1.807) is 37.3 Å². The number of nitrogens with zero attached hydrogens (tertiary/aromatic N) is 1. The van der Waals surface area contributed by atoms with E-state index in [4.69, 9.17) is 14.0 Å². The lowest BCUT2D eigenvalue weighted by Crippen LogP contribution is -2.30. The number of anilines is 1. The topological polar surface area (TPSA) is 90.7 Å². The molecule has 0 aliphatic carbocycles. The molecule has 0 aliphatic rings. The Morgan fingerprint density at radius 3 is 2.50 bits per heavy atom. The van der Waals surface area contributed by atoms with E-state index in [1.165, 1.54) is 14.0 Å². The van der Waals surface area contributed by atoms with E-state index in [0.717, 1.165) is 0 Å². The summed E-state index contributed by atoms with van der Waals surface area (Å²) in [4.78, 5) is 23.8. The zero-order chi connectivity index (χ0) is 16.1. The largest absolute Gasteiger partial charge is 0.497 e. The first-order valence-electron chi connectivity index (χ1n) is 6.59. The number of nitrogens with one attached hydrogen (secondary N) is 1. The van der Waals surface area contributed by atoms with Gasteiger partial charge in [0.1, 0.15) is 11.5 Å². The van der Waals surface area contributed by atoms with Crippen molar-refractivity contribution in [1.82, 2.24) is 5.16 Å². The first-order chi connectivity index (χ1) is 10.5. The average Bonchev–Trinajstić information content (AvgIpc) is 2.92. The molecule has 0 saturated carbocycles. The highest BCUT2D eigenvalue weighted by molar-refractivity contribution is 5.96. The Hall–Kier alpha value is -2.83. The number of ether oxygens (including phenoxy) is 2. The van der Waals surface area contributed by atoms with Gasteiger partial charge in [0.05, 0.1) is 12.7 Å². The van der Waals surface area contributed by atoms with E-state index >= 15 is 0 Å². The third-order valence-corrected chi connectivity index (χ3v) is 2.86. The fourth-order valence-electron chi connectivity index (χ4n) is 1.66. The lowest BCUT2D eigenvalue weighted by molar-refractivity contribution is -0.123. The fraction of sp³-hybridized carbons (Fsp3) is 0.267. The predicted molar refractivity (Wildman–Crippen MR) is 77.7 cm³/mol. The molecule has 22 heavy (non-hydrogen) atoms. The van der Waals surface area contributed by atoms with Gasteiger partial charge in [-0.15, -0.1) is 0 Å². The predicted octanol–water partition coefficient (Wildman–Crippen LogP) is 2.18. The van der Waals surface area contributed by atoms with E-state index < -0.39 is 18.0 Å². The van der Waals surface area contributed by atoms with Crippen LogP contribution < -0.4 is 10.1 Å². The maximum absolute atomic E-state index is 11.9. The van der Waals surface area contributed by atoms with E-state index in [2.05, 4.69) is 10.5 Å². The third kappa shape index (κ3) is 3.85. The number of aromatic nitrogens is 1. The maximum atomic E-state index is 11.9. The van der Waals surface area contributed by atoms with Crippen LogP contribution in [-0.4, -0.2) is 30.2 Å². The molecule has 116 valence electrons. The van der Waals surface area contributed by atoms with Crippen molar-refractivity contribution in [1.29, 1.82) is 0 Å². The van der Waals surface area contributed by atoms with Crippen LogP contribution in [0, 0.1) is 6.92 Å². The molecule has 0 radical (unpaired) electrons. The molecule has 2 aromatic rings. The maximum Gasteiger partial charge on any atom is 0.338 e. The lowest BCUT2D eigenvalue weighted by Gasteiger charge is -2.12. The molecular weight excluding hydrogens is 288 g/mol. The summed E-state index contributed by atoms with van der Waals surface area (Å²) in [5.41, 5.74) is 0.331. The number of benzene rings is 1. The number of amides is 1.